The second-order valence-corrected chi connectivity index (χ2v) is 4.85. The largest absolute Gasteiger partial charge is 0.508 e. The molecule has 0 bridgehead atoms. The van der Waals surface area contributed by atoms with Gasteiger partial charge in [-0.1, -0.05) is 24.4 Å². The standard InChI is InChI=1S/C14H17NO3S/c1-2-18-14(17)12-7-4-8-15(12)13(19)10-5-3-6-11(16)9-10/h3,5-6,9,12,16H,2,4,7-8H2,1H3/t12-/m1/s1. The highest BCUT2D eigenvalue weighted by Crippen LogP contribution is 2.23. The maximum atomic E-state index is 11.9. The van der Waals surface area contributed by atoms with Crippen LogP contribution in [0.2, 0.25) is 0 Å². The average molecular weight is 279 g/mol. The third kappa shape index (κ3) is 3.04. The first-order chi connectivity index (χ1) is 9.13. The number of rotatable bonds is 3. The van der Waals surface area contributed by atoms with E-state index in [0.717, 1.165) is 24.9 Å². The molecule has 5 heteroatoms. The van der Waals surface area contributed by atoms with Crippen molar-refractivity contribution in [2.45, 2.75) is 25.8 Å². The molecular weight excluding hydrogens is 262 g/mol. The van der Waals surface area contributed by atoms with Crippen LogP contribution < -0.4 is 0 Å². The van der Waals surface area contributed by atoms with Gasteiger partial charge >= 0.3 is 5.97 Å². The molecule has 1 aromatic carbocycles. The van der Waals surface area contributed by atoms with Crippen molar-refractivity contribution in [1.82, 2.24) is 4.90 Å². The predicted octanol–water partition coefficient (Wildman–Crippen LogP) is 2.10. The van der Waals surface area contributed by atoms with Gasteiger partial charge in [-0.3, -0.25) is 0 Å². The Morgan fingerprint density at radius 2 is 2.37 bits per heavy atom. The first-order valence-electron chi connectivity index (χ1n) is 6.40. The van der Waals surface area contributed by atoms with Crippen molar-refractivity contribution in [3.63, 3.8) is 0 Å². The third-order valence-electron chi connectivity index (χ3n) is 3.17. The van der Waals surface area contributed by atoms with Crippen LogP contribution in [0.3, 0.4) is 0 Å². The second-order valence-electron chi connectivity index (χ2n) is 4.46. The van der Waals surface area contributed by atoms with Gasteiger partial charge in [-0.05, 0) is 31.9 Å². The van der Waals surface area contributed by atoms with Gasteiger partial charge in [0.2, 0.25) is 0 Å². The van der Waals surface area contributed by atoms with Crippen molar-refractivity contribution >= 4 is 23.2 Å². The minimum Gasteiger partial charge on any atom is -0.508 e. The zero-order chi connectivity index (χ0) is 13.8. The molecule has 0 unspecified atom stereocenters. The number of hydrogen-bond donors (Lipinski definition) is 1. The Morgan fingerprint density at radius 3 is 3.05 bits per heavy atom. The van der Waals surface area contributed by atoms with Crippen molar-refractivity contribution in [1.29, 1.82) is 0 Å². The van der Waals surface area contributed by atoms with Crippen LogP contribution in [0.25, 0.3) is 0 Å². The Morgan fingerprint density at radius 1 is 1.58 bits per heavy atom. The fourth-order valence-electron chi connectivity index (χ4n) is 2.30. The van der Waals surface area contributed by atoms with Crippen LogP contribution in [-0.4, -0.2) is 40.2 Å². The lowest BCUT2D eigenvalue weighted by Crippen LogP contribution is -2.40. The highest BCUT2D eigenvalue weighted by Gasteiger charge is 2.33. The van der Waals surface area contributed by atoms with Crippen LogP contribution in [0.4, 0.5) is 0 Å². The molecule has 1 N–H and O–H groups in total. The van der Waals surface area contributed by atoms with Gasteiger partial charge in [-0.15, -0.1) is 0 Å². The van der Waals surface area contributed by atoms with E-state index in [1.807, 2.05) is 11.0 Å². The Bertz CT molecular complexity index is 489. The van der Waals surface area contributed by atoms with Crippen LogP contribution in [0.1, 0.15) is 25.3 Å². The number of nitrogens with zero attached hydrogens (tertiary/aromatic N) is 1. The minimum absolute atomic E-state index is 0.173. The number of hydrogen-bond acceptors (Lipinski definition) is 4. The van der Waals surface area contributed by atoms with Gasteiger partial charge in [0, 0.05) is 12.1 Å². The van der Waals surface area contributed by atoms with Crippen LogP contribution in [0.15, 0.2) is 24.3 Å². The number of carbonyl (C=O) groups is 1. The average Bonchev–Trinajstić information content (AvgIpc) is 2.87. The molecule has 19 heavy (non-hydrogen) atoms. The molecule has 1 atom stereocenters. The van der Waals surface area contributed by atoms with Crippen molar-refractivity contribution in [2.75, 3.05) is 13.2 Å². The Labute approximate surface area is 118 Å². The lowest BCUT2D eigenvalue weighted by molar-refractivity contribution is -0.147. The van der Waals surface area contributed by atoms with Crippen LogP contribution >= 0.6 is 12.2 Å². The first-order valence-corrected chi connectivity index (χ1v) is 6.81. The number of carbonyl (C=O) groups excluding carboxylic acids is 1. The molecule has 1 fully saturated rings. The number of ether oxygens (including phenoxy) is 1. The molecule has 0 spiro atoms. The minimum atomic E-state index is -0.296. The molecule has 4 nitrogen and oxygen atoms in total. The lowest BCUT2D eigenvalue weighted by Gasteiger charge is -2.25. The summed E-state index contributed by atoms with van der Waals surface area (Å²) in [6.07, 6.45) is 1.68. The van der Waals surface area contributed by atoms with Gasteiger partial charge in [-0.25, -0.2) is 4.79 Å². The lowest BCUT2D eigenvalue weighted by atomic mass is 10.1. The van der Waals surface area contributed by atoms with Gasteiger partial charge < -0.3 is 14.7 Å². The fourth-order valence-corrected chi connectivity index (χ4v) is 2.64. The smallest absolute Gasteiger partial charge is 0.328 e. The zero-order valence-corrected chi connectivity index (χ0v) is 11.7. The Balaban J connectivity index is 2.16. The summed E-state index contributed by atoms with van der Waals surface area (Å²) in [6, 6.07) is 6.49. The van der Waals surface area contributed by atoms with E-state index in [-0.39, 0.29) is 17.8 Å². The van der Waals surface area contributed by atoms with E-state index in [4.69, 9.17) is 17.0 Å². The topological polar surface area (TPSA) is 49.8 Å². The summed E-state index contributed by atoms with van der Waals surface area (Å²) in [7, 11) is 0. The van der Waals surface area contributed by atoms with Gasteiger partial charge in [-0.2, -0.15) is 0 Å². The fraction of sp³-hybridized carbons (Fsp3) is 0.429. The van der Waals surface area contributed by atoms with Crippen molar-refractivity contribution in [3.8, 4) is 5.75 Å². The third-order valence-corrected chi connectivity index (χ3v) is 3.64. The zero-order valence-electron chi connectivity index (χ0n) is 10.8. The molecule has 0 radical (unpaired) electrons. The SMILES string of the molecule is CCOC(=O)[C@H]1CCCN1C(=S)c1cccc(O)c1. The Hall–Kier alpha value is -1.62. The molecule has 0 aliphatic carbocycles. The molecule has 102 valence electrons. The van der Waals surface area contributed by atoms with E-state index in [1.54, 1.807) is 25.1 Å². The molecule has 0 amide bonds. The van der Waals surface area contributed by atoms with Crippen LogP contribution in [-0.2, 0) is 9.53 Å². The van der Waals surface area contributed by atoms with Gasteiger partial charge in [0.25, 0.3) is 0 Å². The van der Waals surface area contributed by atoms with Gasteiger partial charge in [0.15, 0.2) is 0 Å². The summed E-state index contributed by atoms with van der Waals surface area (Å²) in [6.45, 7) is 2.92. The molecule has 0 aromatic heterocycles. The summed E-state index contributed by atoms with van der Waals surface area (Å²) in [5, 5.41) is 9.49. The maximum absolute atomic E-state index is 11.9. The summed E-state index contributed by atoms with van der Waals surface area (Å²) < 4.78 is 5.08. The maximum Gasteiger partial charge on any atom is 0.328 e. The first kappa shape index (κ1) is 13.8. The van der Waals surface area contributed by atoms with Crippen molar-refractivity contribution < 1.29 is 14.6 Å². The monoisotopic (exact) mass is 279 g/mol. The second kappa shape index (κ2) is 6.02. The molecule has 1 aromatic rings. The molecule has 1 heterocycles. The van der Waals surface area contributed by atoms with E-state index in [9.17, 15) is 9.90 Å². The van der Waals surface area contributed by atoms with Crippen LogP contribution in [0, 0.1) is 0 Å². The molecule has 1 saturated heterocycles. The quantitative estimate of drug-likeness (QED) is 0.678. The van der Waals surface area contributed by atoms with E-state index >= 15 is 0 Å². The molecule has 0 saturated carbocycles. The highest BCUT2D eigenvalue weighted by atomic mass is 32.1. The van der Waals surface area contributed by atoms with Crippen LogP contribution in [0.5, 0.6) is 5.75 Å². The number of thiocarbonyl (C=S) groups is 1. The number of phenols is 1. The van der Waals surface area contributed by atoms with Crippen molar-refractivity contribution in [3.05, 3.63) is 29.8 Å². The highest BCUT2D eigenvalue weighted by molar-refractivity contribution is 7.80. The summed E-state index contributed by atoms with van der Waals surface area (Å²) in [5.41, 5.74) is 0.756. The number of likely N-dealkylation sites (tertiary alicyclic amines) is 1. The van der Waals surface area contributed by atoms with E-state index in [2.05, 4.69) is 0 Å². The molecular formula is C14H17NO3S. The Kier molecular flexibility index (Phi) is 4.37. The molecule has 1 aliphatic rings. The van der Waals surface area contributed by atoms with Crippen molar-refractivity contribution in [2.24, 2.45) is 0 Å². The summed E-state index contributed by atoms with van der Waals surface area (Å²) >= 11 is 5.43. The normalized spacial score (nSPS) is 18.4. The van der Waals surface area contributed by atoms with Gasteiger partial charge in [0.05, 0.1) is 6.61 Å². The predicted molar refractivity (Wildman–Crippen MR) is 76.2 cm³/mol. The summed E-state index contributed by atoms with van der Waals surface area (Å²) in [5.74, 6) is -0.0470. The van der Waals surface area contributed by atoms with E-state index in [1.165, 1.54) is 0 Å². The van der Waals surface area contributed by atoms with Gasteiger partial charge in [0.1, 0.15) is 16.8 Å². The molecule has 2 rings (SSSR count). The van der Waals surface area contributed by atoms with E-state index < -0.39 is 0 Å². The number of esters is 1. The number of phenolic OH excluding ortho intramolecular Hbond substituents is 1. The van der Waals surface area contributed by atoms with E-state index in [0.29, 0.717) is 11.6 Å². The molecule has 1 aliphatic heterocycles. The number of aromatic hydroxyl groups is 1. The number of benzene rings is 1. The summed E-state index contributed by atoms with van der Waals surface area (Å²) in [4.78, 5) is 14.4.